The molecule has 48 valence electrons. The van der Waals surface area contributed by atoms with Gasteiger partial charge in [-0.15, -0.1) is 5.39 Å². The topological polar surface area (TPSA) is 44.8 Å². The van der Waals surface area contributed by atoms with Gasteiger partial charge in [0.1, 0.15) is 6.10 Å². The van der Waals surface area contributed by atoms with Crippen molar-refractivity contribution in [1.29, 1.82) is 0 Å². The van der Waals surface area contributed by atoms with Gasteiger partial charge in [-0.1, -0.05) is 6.92 Å². The highest BCUT2D eigenvalue weighted by Crippen LogP contribution is 2.09. The maximum atomic E-state index is 10.1. The molecule has 1 aliphatic heterocycles. The Morgan fingerprint density at radius 2 is 2.62 bits per heavy atom. The second-order valence-electron chi connectivity index (χ2n) is 1.66. The van der Waals surface area contributed by atoms with Gasteiger partial charge in [-0.3, -0.25) is 9.68 Å². The molecule has 1 rings (SSSR count). The predicted octanol–water partition coefficient (Wildman–Crippen LogP) is 0.442. The molecule has 1 fully saturated rings. The van der Waals surface area contributed by atoms with Gasteiger partial charge in [-0.05, 0) is 6.42 Å². The molecule has 0 aromatic heterocycles. The Hall–Kier alpha value is -0.160. The van der Waals surface area contributed by atoms with E-state index < -0.39 is 0 Å². The van der Waals surface area contributed by atoms with Crippen molar-refractivity contribution in [3.8, 4) is 0 Å². The molecule has 0 saturated carbocycles. The monoisotopic (exact) mass is 118 g/mol. The lowest BCUT2D eigenvalue weighted by atomic mass is 10.3. The van der Waals surface area contributed by atoms with E-state index >= 15 is 0 Å². The average Bonchev–Trinajstić information content (AvgIpc) is 2.14. The van der Waals surface area contributed by atoms with E-state index in [-0.39, 0.29) is 11.5 Å². The van der Waals surface area contributed by atoms with Crippen LogP contribution in [0.3, 0.4) is 0 Å². The summed E-state index contributed by atoms with van der Waals surface area (Å²) in [5.74, 6) is 0. The van der Waals surface area contributed by atoms with E-state index in [4.69, 9.17) is 0 Å². The van der Waals surface area contributed by atoms with Crippen LogP contribution in [0.1, 0.15) is 13.3 Å². The maximum absolute atomic E-state index is 10.1. The molecule has 0 amide bonds. The molecular formula is C4H8NO3-. The molecule has 4 heteroatoms. The molecular weight excluding hydrogens is 110 g/mol. The van der Waals surface area contributed by atoms with Gasteiger partial charge in [0.25, 0.3) is 0 Å². The lowest BCUT2D eigenvalue weighted by Crippen LogP contribution is -2.10. The third-order valence-corrected chi connectivity index (χ3v) is 1.06. The van der Waals surface area contributed by atoms with Crippen LogP contribution in [0.15, 0.2) is 0 Å². The molecule has 0 N–H and O–H groups in total. The van der Waals surface area contributed by atoms with Gasteiger partial charge in [-0.2, -0.15) is 0 Å². The van der Waals surface area contributed by atoms with E-state index in [1.807, 2.05) is 6.92 Å². The van der Waals surface area contributed by atoms with Crippen molar-refractivity contribution in [1.82, 2.24) is 5.39 Å². The van der Waals surface area contributed by atoms with Crippen molar-refractivity contribution in [2.24, 2.45) is 0 Å². The van der Waals surface area contributed by atoms with Crippen LogP contribution in [-0.4, -0.2) is 18.1 Å². The zero-order valence-corrected chi connectivity index (χ0v) is 4.66. The summed E-state index contributed by atoms with van der Waals surface area (Å²) in [5, 5.41) is 10.2. The maximum Gasteiger partial charge on any atom is 0.106 e. The molecule has 1 saturated heterocycles. The molecule has 0 bridgehead atoms. The Bertz CT molecular complexity index is 77.7. The van der Waals surface area contributed by atoms with Crippen molar-refractivity contribution >= 4 is 0 Å². The minimum atomic E-state index is -0.0347. The summed E-state index contributed by atoms with van der Waals surface area (Å²) in [6.45, 7) is 2.33. The summed E-state index contributed by atoms with van der Waals surface area (Å²) < 4.78 is 0. The Morgan fingerprint density at radius 1 is 1.88 bits per heavy atom. The van der Waals surface area contributed by atoms with Crippen molar-refractivity contribution in [3.63, 3.8) is 0 Å². The number of rotatable bonds is 1. The second kappa shape index (κ2) is 2.41. The number of nitrogens with zero attached hydrogens (tertiary/aromatic N) is 1. The first-order chi connectivity index (χ1) is 3.83. The first kappa shape index (κ1) is 5.97. The van der Waals surface area contributed by atoms with Crippen molar-refractivity contribution in [3.05, 3.63) is 5.21 Å². The van der Waals surface area contributed by atoms with Gasteiger partial charge >= 0.3 is 0 Å². The van der Waals surface area contributed by atoms with E-state index in [0.717, 1.165) is 6.42 Å². The van der Waals surface area contributed by atoms with Crippen molar-refractivity contribution in [2.45, 2.75) is 19.4 Å². The quantitative estimate of drug-likeness (QED) is 0.501. The van der Waals surface area contributed by atoms with Crippen LogP contribution in [0.25, 0.3) is 0 Å². The fourth-order valence-corrected chi connectivity index (χ4v) is 0.519. The Kier molecular flexibility index (Phi) is 1.80. The molecule has 4 nitrogen and oxygen atoms in total. The number of hydrogen-bond donors (Lipinski definition) is 0. The van der Waals surface area contributed by atoms with E-state index in [0.29, 0.717) is 6.61 Å². The average molecular weight is 118 g/mol. The summed E-state index contributed by atoms with van der Waals surface area (Å²) >= 11 is 0. The second-order valence-corrected chi connectivity index (χ2v) is 1.66. The third kappa shape index (κ3) is 1.16. The highest BCUT2D eigenvalue weighted by molar-refractivity contribution is 4.54. The van der Waals surface area contributed by atoms with Gasteiger partial charge in [0, 0.05) is 0 Å². The summed E-state index contributed by atoms with van der Waals surface area (Å²) in [5.41, 5.74) is 0. The van der Waals surface area contributed by atoms with Crippen LogP contribution in [0.4, 0.5) is 0 Å². The normalized spacial score (nSPS) is 31.5. The molecule has 1 aliphatic rings. The predicted molar refractivity (Wildman–Crippen MR) is 26.3 cm³/mol. The minimum absolute atomic E-state index is 0.0347. The van der Waals surface area contributed by atoms with Crippen molar-refractivity contribution in [2.75, 3.05) is 6.61 Å². The van der Waals surface area contributed by atoms with Crippen LogP contribution in [0.5, 0.6) is 0 Å². The third-order valence-electron chi connectivity index (χ3n) is 1.06. The molecule has 8 heavy (non-hydrogen) atoms. The lowest BCUT2D eigenvalue weighted by molar-refractivity contribution is -0.270. The molecule has 0 unspecified atom stereocenters. The van der Waals surface area contributed by atoms with E-state index in [1.165, 1.54) is 0 Å². The lowest BCUT2D eigenvalue weighted by Gasteiger charge is -2.16. The summed E-state index contributed by atoms with van der Waals surface area (Å²) in [6, 6.07) is 0. The zero-order valence-electron chi connectivity index (χ0n) is 4.66. The Morgan fingerprint density at radius 3 is 2.88 bits per heavy atom. The fraction of sp³-hybridized carbons (Fsp3) is 1.00. The van der Waals surface area contributed by atoms with Crippen LogP contribution in [0.2, 0.25) is 0 Å². The van der Waals surface area contributed by atoms with Gasteiger partial charge < -0.3 is 5.21 Å². The summed E-state index contributed by atoms with van der Waals surface area (Å²) in [6.07, 6.45) is 0.783. The zero-order chi connectivity index (χ0) is 5.98. The highest BCUT2D eigenvalue weighted by Gasteiger charge is 2.15. The van der Waals surface area contributed by atoms with Crippen LogP contribution < -0.4 is 0 Å². The van der Waals surface area contributed by atoms with Gasteiger partial charge in [0.15, 0.2) is 0 Å². The van der Waals surface area contributed by atoms with Gasteiger partial charge in [0.2, 0.25) is 0 Å². The first-order valence-electron chi connectivity index (χ1n) is 2.60. The van der Waals surface area contributed by atoms with Gasteiger partial charge in [-0.25, -0.2) is 0 Å². The molecule has 1 atom stereocenters. The summed E-state index contributed by atoms with van der Waals surface area (Å²) in [7, 11) is 0. The molecule has 0 aromatic rings. The molecule has 0 spiro atoms. The molecule has 0 aromatic carbocycles. The van der Waals surface area contributed by atoms with Crippen LogP contribution in [-0.2, 0) is 9.68 Å². The molecule has 1 heterocycles. The molecule has 0 radical (unpaired) electrons. The van der Waals surface area contributed by atoms with E-state index in [2.05, 4.69) is 9.68 Å². The standard InChI is InChI=1S/C4H8NO3/c1-2-4-3-7-5(6)8-4/h4H,2-3H2,1H3/q-1/t4-/m0/s1. The smallest absolute Gasteiger partial charge is 0.106 e. The Balaban J connectivity index is 2.22. The molecule has 0 aliphatic carbocycles. The van der Waals surface area contributed by atoms with Crippen LogP contribution in [0, 0.1) is 5.21 Å². The minimum Gasteiger partial charge on any atom is -0.738 e. The highest BCUT2D eigenvalue weighted by atomic mass is 17.1. The fourth-order valence-electron chi connectivity index (χ4n) is 0.519. The number of hydrogen-bond acceptors (Lipinski definition) is 4. The van der Waals surface area contributed by atoms with E-state index in [9.17, 15) is 5.21 Å². The van der Waals surface area contributed by atoms with E-state index in [1.54, 1.807) is 0 Å². The SMILES string of the molecule is CC[C@H]1CON([O-])O1. The first-order valence-corrected chi connectivity index (χ1v) is 2.60. The van der Waals surface area contributed by atoms with Crippen LogP contribution >= 0.6 is 0 Å². The van der Waals surface area contributed by atoms with Crippen molar-refractivity contribution < 1.29 is 9.68 Å². The Labute approximate surface area is 47.5 Å². The van der Waals surface area contributed by atoms with Gasteiger partial charge in [0.05, 0.1) is 6.61 Å². The summed E-state index contributed by atoms with van der Waals surface area (Å²) in [4.78, 5) is 8.98. The largest absolute Gasteiger partial charge is 0.738 e.